The molecule has 2 aromatic carbocycles. The molecule has 4 rings (SSSR count). The molecule has 5 nitrogen and oxygen atoms in total. The zero-order valence-corrected chi connectivity index (χ0v) is 15.6. The fourth-order valence-corrected chi connectivity index (χ4v) is 4.11. The number of rotatable bonds is 4. The second-order valence-corrected chi connectivity index (χ2v) is 7.38. The molecule has 2 heterocycles. The molecule has 0 aliphatic carbocycles. The van der Waals surface area contributed by atoms with Crippen molar-refractivity contribution in [1.82, 2.24) is 14.8 Å². The van der Waals surface area contributed by atoms with Crippen molar-refractivity contribution >= 4 is 33.2 Å². The second kappa shape index (κ2) is 7.31. The van der Waals surface area contributed by atoms with Crippen LogP contribution in [-0.2, 0) is 6.54 Å². The molecule has 0 unspecified atom stereocenters. The van der Waals surface area contributed by atoms with Gasteiger partial charge in [-0.2, -0.15) is 10.4 Å². The summed E-state index contributed by atoms with van der Waals surface area (Å²) in [7, 11) is 0. The van der Waals surface area contributed by atoms with Gasteiger partial charge in [-0.15, -0.1) is 11.3 Å². The van der Waals surface area contributed by atoms with E-state index in [0.29, 0.717) is 17.1 Å². The molecule has 0 bridgehead atoms. The van der Waals surface area contributed by atoms with Crippen molar-refractivity contribution in [3.63, 3.8) is 0 Å². The molecule has 0 N–H and O–H groups in total. The van der Waals surface area contributed by atoms with Crippen LogP contribution in [0.25, 0.3) is 10.2 Å². The number of aromatic nitrogens is 3. The number of benzene rings is 2. The quantitative estimate of drug-likeness (QED) is 0.521. The highest BCUT2D eigenvalue weighted by molar-refractivity contribution is 7.18. The van der Waals surface area contributed by atoms with E-state index in [0.717, 1.165) is 15.8 Å². The second-order valence-electron chi connectivity index (χ2n) is 5.94. The predicted molar refractivity (Wildman–Crippen MR) is 106 cm³/mol. The third-order valence-corrected chi connectivity index (χ3v) is 5.67. The van der Waals surface area contributed by atoms with Crippen molar-refractivity contribution < 1.29 is 0 Å². The van der Waals surface area contributed by atoms with Crippen molar-refractivity contribution in [2.45, 2.75) is 12.5 Å². The van der Waals surface area contributed by atoms with Crippen LogP contribution < -0.4 is 5.56 Å². The van der Waals surface area contributed by atoms with Gasteiger partial charge in [0.25, 0.3) is 5.56 Å². The summed E-state index contributed by atoms with van der Waals surface area (Å²) in [5.74, 6) is -0.735. The Labute approximate surface area is 164 Å². The Morgan fingerprint density at radius 1 is 1.15 bits per heavy atom. The number of para-hydroxylation sites is 1. The molecule has 0 spiro atoms. The molecule has 0 saturated carbocycles. The maximum atomic E-state index is 12.7. The molecule has 1 atom stereocenters. The predicted octanol–water partition coefficient (Wildman–Crippen LogP) is 4.21. The molecular weight excluding hydrogens is 380 g/mol. The minimum Gasteiger partial charge on any atom is -0.266 e. The third kappa shape index (κ3) is 3.35. The fraction of sp³-hybridized carbons (Fsp3) is 0.100. The van der Waals surface area contributed by atoms with Gasteiger partial charge in [-0.1, -0.05) is 54.1 Å². The normalized spacial score (nSPS) is 12.0. The lowest BCUT2D eigenvalue weighted by Crippen LogP contribution is -2.25. The lowest BCUT2D eigenvalue weighted by Gasteiger charge is -2.11. The number of hydrogen-bond donors (Lipinski definition) is 0. The van der Waals surface area contributed by atoms with Gasteiger partial charge in [0.1, 0.15) is 15.9 Å². The highest BCUT2D eigenvalue weighted by atomic mass is 35.5. The van der Waals surface area contributed by atoms with Gasteiger partial charge in [0.05, 0.1) is 29.0 Å². The molecule has 4 aromatic rings. The molecule has 7 heteroatoms. The maximum Gasteiger partial charge on any atom is 0.286 e. The molecule has 0 saturated heterocycles. The fourth-order valence-electron chi connectivity index (χ4n) is 2.82. The number of hydrogen-bond acceptors (Lipinski definition) is 5. The Kier molecular flexibility index (Phi) is 4.71. The Morgan fingerprint density at radius 2 is 1.89 bits per heavy atom. The molecule has 132 valence electrons. The molecular formula is C20H13ClN4OS. The first-order valence-electron chi connectivity index (χ1n) is 8.22. The van der Waals surface area contributed by atoms with Crippen LogP contribution in [0.4, 0.5) is 0 Å². The summed E-state index contributed by atoms with van der Waals surface area (Å²) in [6, 6.07) is 19.4. The molecule has 0 aliphatic heterocycles. The summed E-state index contributed by atoms with van der Waals surface area (Å²) < 4.78 is 2.28. The summed E-state index contributed by atoms with van der Waals surface area (Å²) in [6.07, 6.45) is 1.49. The van der Waals surface area contributed by atoms with Gasteiger partial charge >= 0.3 is 0 Å². The van der Waals surface area contributed by atoms with Crippen molar-refractivity contribution in [3.8, 4) is 6.07 Å². The zero-order chi connectivity index (χ0) is 18.8. The largest absolute Gasteiger partial charge is 0.286 e. The number of nitrogens with zero attached hydrogens (tertiary/aromatic N) is 4. The Hall–Kier alpha value is -3.01. The van der Waals surface area contributed by atoms with E-state index in [1.54, 1.807) is 0 Å². The zero-order valence-electron chi connectivity index (χ0n) is 14.0. The van der Waals surface area contributed by atoms with E-state index < -0.39 is 11.5 Å². The van der Waals surface area contributed by atoms with Gasteiger partial charge < -0.3 is 0 Å². The molecule has 27 heavy (non-hydrogen) atoms. The van der Waals surface area contributed by atoms with Gasteiger partial charge in [-0.05, 0) is 17.7 Å². The van der Waals surface area contributed by atoms with E-state index in [1.807, 2.05) is 54.6 Å². The minimum atomic E-state index is -0.735. The Bertz CT molecular complexity index is 1180. The number of thiazole rings is 1. The van der Waals surface area contributed by atoms with Crippen LogP contribution in [0.15, 0.2) is 65.6 Å². The maximum absolute atomic E-state index is 12.7. The average molecular weight is 393 g/mol. The van der Waals surface area contributed by atoms with E-state index >= 15 is 0 Å². The highest BCUT2D eigenvalue weighted by Gasteiger charge is 2.23. The van der Waals surface area contributed by atoms with Crippen LogP contribution in [-0.4, -0.2) is 14.8 Å². The van der Waals surface area contributed by atoms with E-state index in [1.165, 1.54) is 22.2 Å². The van der Waals surface area contributed by atoms with Crippen LogP contribution in [0.5, 0.6) is 0 Å². The monoisotopic (exact) mass is 392 g/mol. The smallest absolute Gasteiger partial charge is 0.266 e. The summed E-state index contributed by atoms with van der Waals surface area (Å²) >= 11 is 7.76. The summed E-state index contributed by atoms with van der Waals surface area (Å²) in [4.78, 5) is 17.2. The van der Waals surface area contributed by atoms with E-state index in [9.17, 15) is 10.1 Å². The van der Waals surface area contributed by atoms with Gasteiger partial charge in [-0.3, -0.25) is 4.79 Å². The lowest BCUT2D eigenvalue weighted by atomic mass is 10.0. The number of nitriles is 1. The van der Waals surface area contributed by atoms with Crippen LogP contribution >= 0.6 is 22.9 Å². The van der Waals surface area contributed by atoms with Crippen molar-refractivity contribution in [1.29, 1.82) is 5.26 Å². The molecule has 0 aliphatic rings. The Balaban J connectivity index is 1.73. The lowest BCUT2D eigenvalue weighted by molar-refractivity contribution is 0.633. The van der Waals surface area contributed by atoms with Crippen molar-refractivity contribution in [3.05, 3.63) is 92.3 Å². The van der Waals surface area contributed by atoms with Crippen LogP contribution in [0.1, 0.15) is 22.1 Å². The van der Waals surface area contributed by atoms with Crippen molar-refractivity contribution in [2.75, 3.05) is 0 Å². The first kappa shape index (κ1) is 17.4. The topological polar surface area (TPSA) is 71.6 Å². The summed E-state index contributed by atoms with van der Waals surface area (Å²) in [6.45, 7) is 0.317. The summed E-state index contributed by atoms with van der Waals surface area (Å²) in [5.41, 5.74) is 1.73. The highest BCUT2D eigenvalue weighted by Crippen LogP contribution is 2.33. The first-order chi connectivity index (χ1) is 13.2. The van der Waals surface area contributed by atoms with Crippen LogP contribution in [0, 0.1) is 11.3 Å². The van der Waals surface area contributed by atoms with Gasteiger partial charge in [0.15, 0.2) is 0 Å². The molecule has 2 aromatic heterocycles. The SMILES string of the molecule is N#C[C@H](c1nc2ccccc2s1)c1cnn(Cc2ccccc2)c(=O)c1Cl. The average Bonchev–Trinajstić information content (AvgIpc) is 3.12. The molecule has 0 radical (unpaired) electrons. The van der Waals surface area contributed by atoms with Crippen molar-refractivity contribution in [2.24, 2.45) is 0 Å². The summed E-state index contributed by atoms with van der Waals surface area (Å²) in [5, 5.41) is 14.5. The van der Waals surface area contributed by atoms with Gasteiger partial charge in [0.2, 0.25) is 0 Å². The third-order valence-electron chi connectivity index (χ3n) is 4.18. The Morgan fingerprint density at radius 3 is 2.63 bits per heavy atom. The first-order valence-corrected chi connectivity index (χ1v) is 9.41. The minimum absolute atomic E-state index is 0.00624. The van der Waals surface area contributed by atoms with E-state index in [-0.39, 0.29) is 5.02 Å². The number of halogens is 1. The number of fused-ring (bicyclic) bond motifs is 1. The van der Waals surface area contributed by atoms with Crippen LogP contribution in [0.3, 0.4) is 0 Å². The van der Waals surface area contributed by atoms with E-state index in [4.69, 9.17) is 11.6 Å². The van der Waals surface area contributed by atoms with Gasteiger partial charge in [-0.25, -0.2) is 9.67 Å². The molecule has 0 fully saturated rings. The standard InChI is InChI=1S/C20H13ClN4OS/c21-18-15(11-23-25(20(18)26)12-13-6-2-1-3-7-13)14(10-22)19-24-16-8-4-5-9-17(16)27-19/h1-9,11,14H,12H2/t14-/m0/s1. The van der Waals surface area contributed by atoms with Gasteiger partial charge in [0, 0.05) is 5.56 Å². The van der Waals surface area contributed by atoms with E-state index in [2.05, 4.69) is 16.2 Å². The van der Waals surface area contributed by atoms with Crippen LogP contribution in [0.2, 0.25) is 5.02 Å². The molecule has 0 amide bonds.